The van der Waals surface area contributed by atoms with Crippen LogP contribution in [0.25, 0.3) is 0 Å². The summed E-state index contributed by atoms with van der Waals surface area (Å²) in [5.41, 5.74) is 0.758. The van der Waals surface area contributed by atoms with Crippen molar-refractivity contribution in [3.63, 3.8) is 0 Å². The lowest BCUT2D eigenvalue weighted by atomic mass is 9.86. The molecule has 1 aromatic rings. The predicted molar refractivity (Wildman–Crippen MR) is 55.8 cm³/mol. The minimum Gasteiger partial charge on any atom is -0.325 e. The number of hydrogen-bond donors (Lipinski definition) is 1. The van der Waals surface area contributed by atoms with Crippen molar-refractivity contribution in [3.05, 3.63) is 28.0 Å². The molecule has 0 saturated carbocycles. The van der Waals surface area contributed by atoms with Crippen LogP contribution in [-0.4, -0.2) is 5.91 Å². The van der Waals surface area contributed by atoms with Crippen LogP contribution in [0.5, 0.6) is 0 Å². The highest BCUT2D eigenvalue weighted by Crippen LogP contribution is 2.39. The first-order valence-electron chi connectivity index (χ1n) is 4.24. The molecule has 1 heterocycles. The van der Waals surface area contributed by atoms with Crippen LogP contribution in [0.4, 0.5) is 10.1 Å². The maximum absolute atomic E-state index is 13.3. The number of fused-ring (bicyclic) bond motifs is 1. The molecule has 0 bridgehead atoms. The van der Waals surface area contributed by atoms with E-state index in [2.05, 4.69) is 21.2 Å². The van der Waals surface area contributed by atoms with Gasteiger partial charge in [-0.2, -0.15) is 0 Å². The third-order valence-corrected chi connectivity index (χ3v) is 3.16. The number of amides is 1. The minimum atomic E-state index is -0.642. The van der Waals surface area contributed by atoms with Crippen LogP contribution in [-0.2, 0) is 10.2 Å². The van der Waals surface area contributed by atoms with Gasteiger partial charge in [-0.15, -0.1) is 0 Å². The van der Waals surface area contributed by atoms with Gasteiger partial charge in [-0.3, -0.25) is 4.79 Å². The van der Waals surface area contributed by atoms with Crippen molar-refractivity contribution >= 4 is 27.5 Å². The third-order valence-electron chi connectivity index (χ3n) is 2.55. The Morgan fingerprint density at radius 3 is 2.71 bits per heavy atom. The molecule has 1 aromatic carbocycles. The van der Waals surface area contributed by atoms with E-state index in [1.54, 1.807) is 19.9 Å². The van der Waals surface area contributed by atoms with Crippen LogP contribution in [0.1, 0.15) is 19.4 Å². The standard InChI is InChI=1S/C10H9BrFNO/c1-10(2)5-3-7(12)6(11)4-8(5)13-9(10)14/h3-4H,1-2H3,(H,13,14). The summed E-state index contributed by atoms with van der Waals surface area (Å²) in [5.74, 6) is -0.432. The Bertz CT molecular complexity index is 428. The van der Waals surface area contributed by atoms with Gasteiger partial charge in [-0.1, -0.05) is 0 Å². The van der Waals surface area contributed by atoms with Gasteiger partial charge in [-0.25, -0.2) is 4.39 Å². The molecule has 4 heteroatoms. The summed E-state index contributed by atoms with van der Waals surface area (Å²) in [6.07, 6.45) is 0. The zero-order valence-electron chi connectivity index (χ0n) is 7.82. The Morgan fingerprint density at radius 1 is 1.43 bits per heavy atom. The van der Waals surface area contributed by atoms with E-state index in [-0.39, 0.29) is 11.7 Å². The monoisotopic (exact) mass is 257 g/mol. The Balaban J connectivity index is 2.67. The second-order valence-corrected chi connectivity index (χ2v) is 4.75. The highest BCUT2D eigenvalue weighted by molar-refractivity contribution is 9.10. The SMILES string of the molecule is CC1(C)C(=O)Nc2cc(Br)c(F)cc21. The highest BCUT2D eigenvalue weighted by Gasteiger charge is 2.38. The van der Waals surface area contributed by atoms with E-state index in [1.165, 1.54) is 6.07 Å². The van der Waals surface area contributed by atoms with Crippen LogP contribution in [0.2, 0.25) is 0 Å². The molecule has 0 aromatic heterocycles. The molecule has 0 unspecified atom stereocenters. The normalized spacial score (nSPS) is 17.9. The maximum Gasteiger partial charge on any atom is 0.234 e. The fourth-order valence-corrected chi connectivity index (χ4v) is 1.91. The average molecular weight is 258 g/mol. The van der Waals surface area contributed by atoms with E-state index >= 15 is 0 Å². The van der Waals surface area contributed by atoms with E-state index in [1.807, 2.05) is 0 Å². The van der Waals surface area contributed by atoms with Crippen molar-refractivity contribution in [2.45, 2.75) is 19.3 Å². The van der Waals surface area contributed by atoms with E-state index < -0.39 is 5.41 Å². The van der Waals surface area contributed by atoms with E-state index in [0.717, 1.165) is 0 Å². The molecule has 1 aliphatic heterocycles. The van der Waals surface area contributed by atoms with Gasteiger partial charge < -0.3 is 5.32 Å². The molecule has 0 atom stereocenters. The summed E-state index contributed by atoms with van der Waals surface area (Å²) in [4.78, 5) is 11.5. The minimum absolute atomic E-state index is 0.0926. The van der Waals surface area contributed by atoms with Crippen LogP contribution in [0.15, 0.2) is 16.6 Å². The lowest BCUT2D eigenvalue weighted by molar-refractivity contribution is -0.119. The van der Waals surface area contributed by atoms with Gasteiger partial charge in [0.1, 0.15) is 5.82 Å². The summed E-state index contributed by atoms with van der Waals surface area (Å²) in [6.45, 7) is 3.56. The van der Waals surface area contributed by atoms with Crippen LogP contribution in [0, 0.1) is 5.82 Å². The molecule has 0 spiro atoms. The van der Waals surface area contributed by atoms with Gasteiger partial charge in [0.05, 0.1) is 9.89 Å². The molecule has 2 nitrogen and oxygen atoms in total. The van der Waals surface area contributed by atoms with E-state index in [0.29, 0.717) is 15.7 Å². The molecule has 2 rings (SSSR count). The smallest absolute Gasteiger partial charge is 0.234 e. The molecule has 14 heavy (non-hydrogen) atoms. The Labute approximate surface area is 89.6 Å². The quantitative estimate of drug-likeness (QED) is 0.761. The predicted octanol–water partition coefficient (Wildman–Crippen LogP) is 2.82. The Morgan fingerprint density at radius 2 is 2.07 bits per heavy atom. The molecular weight excluding hydrogens is 249 g/mol. The van der Waals surface area contributed by atoms with E-state index in [4.69, 9.17) is 0 Å². The van der Waals surface area contributed by atoms with Gasteiger partial charge in [0, 0.05) is 5.69 Å². The number of hydrogen-bond acceptors (Lipinski definition) is 1. The lowest BCUT2D eigenvalue weighted by Crippen LogP contribution is -2.26. The second kappa shape index (κ2) is 2.79. The maximum atomic E-state index is 13.3. The highest BCUT2D eigenvalue weighted by atomic mass is 79.9. The van der Waals surface area contributed by atoms with Crippen molar-refractivity contribution in [2.24, 2.45) is 0 Å². The number of benzene rings is 1. The molecule has 74 valence electrons. The zero-order chi connectivity index (χ0) is 10.5. The molecule has 1 amide bonds. The topological polar surface area (TPSA) is 29.1 Å². The van der Waals surface area contributed by atoms with Gasteiger partial charge in [0.2, 0.25) is 5.91 Å². The fourth-order valence-electron chi connectivity index (χ4n) is 1.57. The van der Waals surface area contributed by atoms with Crippen LogP contribution in [0.3, 0.4) is 0 Å². The van der Waals surface area contributed by atoms with Crippen molar-refractivity contribution in [1.82, 2.24) is 0 Å². The summed E-state index contributed by atoms with van der Waals surface area (Å²) < 4.78 is 13.6. The van der Waals surface area contributed by atoms with Gasteiger partial charge in [0.15, 0.2) is 0 Å². The molecule has 0 aliphatic carbocycles. The van der Waals surface area contributed by atoms with Crippen LogP contribution >= 0.6 is 15.9 Å². The summed E-state index contributed by atoms with van der Waals surface area (Å²) >= 11 is 3.08. The number of carbonyl (C=O) groups is 1. The molecule has 0 fully saturated rings. The molecule has 1 N–H and O–H groups in total. The van der Waals surface area contributed by atoms with Gasteiger partial charge >= 0.3 is 0 Å². The second-order valence-electron chi connectivity index (χ2n) is 3.89. The summed E-state index contributed by atoms with van der Waals surface area (Å²) in [5, 5.41) is 2.72. The largest absolute Gasteiger partial charge is 0.325 e. The van der Waals surface area contributed by atoms with Gasteiger partial charge in [-0.05, 0) is 47.5 Å². The number of halogens is 2. The Kier molecular flexibility index (Phi) is 1.93. The first-order valence-corrected chi connectivity index (χ1v) is 5.03. The number of anilines is 1. The third kappa shape index (κ3) is 1.17. The first kappa shape index (κ1) is 9.65. The van der Waals surface area contributed by atoms with Crippen molar-refractivity contribution in [1.29, 1.82) is 0 Å². The zero-order valence-corrected chi connectivity index (χ0v) is 9.40. The number of carbonyl (C=O) groups excluding carboxylic acids is 1. The first-order chi connectivity index (χ1) is 6.43. The summed E-state index contributed by atoms with van der Waals surface area (Å²) in [6, 6.07) is 2.99. The number of rotatable bonds is 0. The average Bonchev–Trinajstić information content (AvgIpc) is 2.28. The molecule has 1 aliphatic rings. The lowest BCUT2D eigenvalue weighted by Gasteiger charge is -2.14. The number of nitrogens with one attached hydrogen (secondary N) is 1. The molecule has 0 radical (unpaired) electrons. The van der Waals surface area contributed by atoms with Crippen molar-refractivity contribution < 1.29 is 9.18 Å². The molecular formula is C10H9BrFNO. The van der Waals surface area contributed by atoms with Gasteiger partial charge in [0.25, 0.3) is 0 Å². The Hall–Kier alpha value is -0.900. The fraction of sp³-hybridized carbons (Fsp3) is 0.300. The molecule has 0 saturated heterocycles. The van der Waals surface area contributed by atoms with E-state index in [9.17, 15) is 9.18 Å². The van der Waals surface area contributed by atoms with Crippen molar-refractivity contribution in [3.8, 4) is 0 Å². The summed E-state index contributed by atoms with van der Waals surface area (Å²) in [7, 11) is 0. The van der Waals surface area contributed by atoms with Crippen LogP contribution < -0.4 is 5.32 Å². The van der Waals surface area contributed by atoms with Crippen molar-refractivity contribution in [2.75, 3.05) is 5.32 Å².